The van der Waals surface area contributed by atoms with Crippen molar-refractivity contribution in [2.45, 2.75) is 24.3 Å². The van der Waals surface area contributed by atoms with Crippen LogP contribution in [0.2, 0.25) is 5.02 Å². The summed E-state index contributed by atoms with van der Waals surface area (Å²) in [5.74, 6) is -1.57. The third-order valence-corrected chi connectivity index (χ3v) is 7.63. The van der Waals surface area contributed by atoms with Crippen molar-refractivity contribution in [3.05, 3.63) is 58.6 Å². The summed E-state index contributed by atoms with van der Waals surface area (Å²) in [4.78, 5) is 37.4. The van der Waals surface area contributed by atoms with Gasteiger partial charge in [-0.2, -0.15) is 0 Å². The maximum absolute atomic E-state index is 13.3. The van der Waals surface area contributed by atoms with Gasteiger partial charge in [0.25, 0.3) is 15.9 Å². The molecule has 0 spiro atoms. The molecule has 4 rings (SSSR count). The van der Waals surface area contributed by atoms with Crippen LogP contribution < -0.4 is 9.62 Å². The zero-order valence-corrected chi connectivity index (χ0v) is 18.6. The number of sulfonamides is 1. The second-order valence-corrected chi connectivity index (χ2v) is 9.61. The minimum absolute atomic E-state index is 0.0382. The normalized spacial score (nSPS) is 16.5. The van der Waals surface area contributed by atoms with Crippen LogP contribution in [0.15, 0.2) is 47.4 Å². The van der Waals surface area contributed by atoms with Crippen LogP contribution in [0.5, 0.6) is 0 Å². The van der Waals surface area contributed by atoms with E-state index in [1.54, 1.807) is 12.1 Å². The number of nitrogens with one attached hydrogen (secondary N) is 1. The van der Waals surface area contributed by atoms with Crippen LogP contribution in [0.3, 0.4) is 0 Å². The number of anilines is 1. The van der Waals surface area contributed by atoms with E-state index in [2.05, 4.69) is 5.32 Å². The van der Waals surface area contributed by atoms with Crippen LogP contribution in [-0.2, 0) is 26.0 Å². The van der Waals surface area contributed by atoms with Gasteiger partial charge in [-0.15, -0.1) is 0 Å². The van der Waals surface area contributed by atoms with Gasteiger partial charge < -0.3 is 10.1 Å². The Morgan fingerprint density at radius 1 is 1.16 bits per heavy atom. The van der Waals surface area contributed by atoms with Gasteiger partial charge in [0.2, 0.25) is 0 Å². The van der Waals surface area contributed by atoms with Crippen LogP contribution in [-0.4, -0.2) is 57.0 Å². The number of carbonyl (C=O) groups is 3. The number of fused-ring (bicyclic) bond motifs is 1. The lowest BCUT2D eigenvalue weighted by Crippen LogP contribution is -2.41. The van der Waals surface area contributed by atoms with Gasteiger partial charge in [-0.3, -0.25) is 14.0 Å². The van der Waals surface area contributed by atoms with E-state index in [9.17, 15) is 22.8 Å². The summed E-state index contributed by atoms with van der Waals surface area (Å²) in [6.07, 6.45) is -0.661. The molecule has 0 aliphatic carbocycles. The Kier molecular flexibility index (Phi) is 5.83. The highest BCUT2D eigenvalue weighted by molar-refractivity contribution is 7.93. The molecule has 0 aromatic heterocycles. The monoisotopic (exact) mass is 477 g/mol. The Labute approximate surface area is 189 Å². The highest BCUT2D eigenvalue weighted by Crippen LogP contribution is 2.35. The lowest BCUT2D eigenvalue weighted by molar-refractivity contribution is -0.136. The van der Waals surface area contributed by atoms with E-state index in [1.807, 2.05) is 12.1 Å². The third-order valence-electron chi connectivity index (χ3n) is 5.33. The Morgan fingerprint density at radius 2 is 1.91 bits per heavy atom. The number of para-hydroxylation sites is 1. The predicted octanol–water partition coefficient (Wildman–Crippen LogP) is 2.19. The lowest BCUT2D eigenvalue weighted by Gasteiger charge is -2.21. The molecule has 2 aliphatic rings. The van der Waals surface area contributed by atoms with Gasteiger partial charge in [-0.05, 0) is 43.2 Å². The molecule has 2 heterocycles. The maximum Gasteiger partial charge on any atom is 0.338 e. The molecule has 0 radical (unpaired) electrons. The fourth-order valence-electron chi connectivity index (χ4n) is 3.68. The molecule has 3 amide bonds. The number of imide groups is 1. The molecule has 0 saturated carbocycles. The topological polar surface area (TPSA) is 113 Å². The summed E-state index contributed by atoms with van der Waals surface area (Å²) in [6, 6.07) is 10.4. The quantitative estimate of drug-likeness (QED) is 0.660. The molecule has 0 bridgehead atoms. The van der Waals surface area contributed by atoms with E-state index in [-0.39, 0.29) is 28.6 Å². The van der Waals surface area contributed by atoms with E-state index in [0.29, 0.717) is 18.7 Å². The van der Waals surface area contributed by atoms with E-state index >= 15 is 0 Å². The second-order valence-electron chi connectivity index (χ2n) is 7.37. The van der Waals surface area contributed by atoms with Crippen molar-refractivity contribution >= 4 is 45.2 Å². The summed E-state index contributed by atoms with van der Waals surface area (Å²) in [7, 11) is -4.04. The summed E-state index contributed by atoms with van der Waals surface area (Å²) < 4.78 is 33.1. The van der Waals surface area contributed by atoms with Crippen molar-refractivity contribution in [3.8, 4) is 0 Å². The van der Waals surface area contributed by atoms with Crippen molar-refractivity contribution in [1.82, 2.24) is 10.2 Å². The van der Waals surface area contributed by atoms with Crippen LogP contribution in [0.1, 0.15) is 22.8 Å². The average Bonchev–Trinajstić information content (AvgIpc) is 3.39. The number of ether oxygens (including phenoxy) is 1. The first-order valence-electron chi connectivity index (χ1n) is 9.90. The van der Waals surface area contributed by atoms with Crippen molar-refractivity contribution in [2.24, 2.45) is 0 Å². The number of esters is 1. The van der Waals surface area contributed by atoms with Crippen LogP contribution in [0.4, 0.5) is 10.5 Å². The smallest absolute Gasteiger partial charge is 0.338 e. The number of urea groups is 1. The number of halogens is 1. The number of nitrogens with zero attached hydrogens (tertiary/aromatic N) is 2. The van der Waals surface area contributed by atoms with Crippen molar-refractivity contribution in [2.75, 3.05) is 23.9 Å². The SMILES string of the molecule is CC(OC(=O)c1ccc(Cl)c(S(=O)(=O)N2CCc3ccccc32)c1)C(=O)N1CCNC1=O. The Hall–Kier alpha value is -3.11. The number of carbonyl (C=O) groups excluding carboxylic acids is 3. The minimum atomic E-state index is -4.04. The highest BCUT2D eigenvalue weighted by atomic mass is 35.5. The molecule has 32 heavy (non-hydrogen) atoms. The van der Waals surface area contributed by atoms with E-state index in [4.69, 9.17) is 16.3 Å². The summed E-state index contributed by atoms with van der Waals surface area (Å²) >= 11 is 6.19. The predicted molar refractivity (Wildman–Crippen MR) is 116 cm³/mol. The third kappa shape index (κ3) is 3.91. The van der Waals surface area contributed by atoms with Crippen molar-refractivity contribution in [3.63, 3.8) is 0 Å². The van der Waals surface area contributed by atoms with Crippen molar-refractivity contribution < 1.29 is 27.5 Å². The molecule has 168 valence electrons. The molecule has 1 saturated heterocycles. The minimum Gasteiger partial charge on any atom is -0.449 e. The van der Waals surface area contributed by atoms with E-state index in [0.717, 1.165) is 16.5 Å². The molecule has 1 fully saturated rings. The molecule has 1 unspecified atom stereocenters. The Balaban J connectivity index is 1.57. The average molecular weight is 478 g/mol. The molecule has 2 aromatic carbocycles. The summed E-state index contributed by atoms with van der Waals surface area (Å²) in [6.45, 7) is 2.11. The number of rotatable bonds is 5. The number of amides is 3. The maximum atomic E-state index is 13.3. The first kappa shape index (κ1) is 22.1. The van der Waals surface area contributed by atoms with Crippen LogP contribution in [0.25, 0.3) is 0 Å². The van der Waals surface area contributed by atoms with Gasteiger partial charge in [0.15, 0.2) is 6.10 Å². The second kappa shape index (κ2) is 8.44. The fourth-order valence-corrected chi connectivity index (χ4v) is 5.69. The van der Waals surface area contributed by atoms with Gasteiger partial charge in [0.1, 0.15) is 4.90 Å². The molecule has 2 aromatic rings. The molecular weight excluding hydrogens is 458 g/mol. The van der Waals surface area contributed by atoms with E-state index < -0.39 is 34.0 Å². The van der Waals surface area contributed by atoms with Gasteiger partial charge >= 0.3 is 12.0 Å². The lowest BCUT2D eigenvalue weighted by atomic mass is 10.2. The molecule has 1 atom stereocenters. The van der Waals surface area contributed by atoms with Crippen molar-refractivity contribution in [1.29, 1.82) is 0 Å². The molecule has 2 aliphatic heterocycles. The number of benzene rings is 2. The first-order chi connectivity index (χ1) is 15.2. The van der Waals surface area contributed by atoms with Gasteiger partial charge in [0.05, 0.1) is 16.3 Å². The number of hydrogen-bond acceptors (Lipinski definition) is 6. The zero-order chi connectivity index (χ0) is 23.0. The molecule has 11 heteroatoms. The van der Waals surface area contributed by atoms with Gasteiger partial charge in [0, 0.05) is 19.6 Å². The summed E-state index contributed by atoms with van der Waals surface area (Å²) in [5, 5.41) is 2.46. The largest absolute Gasteiger partial charge is 0.449 e. The first-order valence-corrected chi connectivity index (χ1v) is 11.7. The van der Waals surface area contributed by atoms with Crippen LogP contribution in [0, 0.1) is 0 Å². The van der Waals surface area contributed by atoms with Gasteiger partial charge in [-0.1, -0.05) is 29.8 Å². The van der Waals surface area contributed by atoms with E-state index in [1.165, 1.54) is 23.4 Å². The van der Waals surface area contributed by atoms with Crippen LogP contribution >= 0.6 is 11.6 Å². The number of hydrogen-bond donors (Lipinski definition) is 1. The molecule has 9 nitrogen and oxygen atoms in total. The fraction of sp³-hybridized carbons (Fsp3) is 0.286. The molecular formula is C21H20ClN3O6S. The molecule has 1 N–H and O–H groups in total. The summed E-state index contributed by atoms with van der Waals surface area (Å²) in [5.41, 5.74) is 1.40. The highest BCUT2D eigenvalue weighted by Gasteiger charge is 2.34. The zero-order valence-electron chi connectivity index (χ0n) is 17.1. The standard InChI is InChI=1S/C21H20ClN3O6S/c1-13(19(26)24-11-9-23-21(24)28)31-20(27)15-6-7-16(22)18(12-15)32(29,30)25-10-8-14-4-2-3-5-17(14)25/h2-7,12-13H,8-11H2,1H3,(H,23,28). The Bertz CT molecular complexity index is 1220. The Morgan fingerprint density at radius 3 is 2.62 bits per heavy atom. The van der Waals surface area contributed by atoms with Gasteiger partial charge in [-0.25, -0.2) is 18.0 Å².